The molecule has 2 heterocycles. The molecule has 0 aliphatic rings. The van der Waals surface area contributed by atoms with Gasteiger partial charge in [-0.05, 0) is 37.3 Å². The maximum Gasteiger partial charge on any atom is 0.356 e. The molecule has 0 bridgehead atoms. The van der Waals surface area contributed by atoms with Crippen LogP contribution in [0.25, 0.3) is 17.2 Å². The number of carboxylic acid groups (broad SMARTS) is 1. The first-order valence-electron chi connectivity index (χ1n) is 6.86. The Balaban J connectivity index is 2.02. The Morgan fingerprint density at radius 2 is 1.91 bits per heavy atom. The molecule has 23 heavy (non-hydrogen) atoms. The van der Waals surface area contributed by atoms with Gasteiger partial charge in [0.2, 0.25) is 0 Å². The Kier molecular flexibility index (Phi) is 3.76. The molecule has 1 aromatic carbocycles. The van der Waals surface area contributed by atoms with Crippen LogP contribution in [0.1, 0.15) is 16.2 Å². The van der Waals surface area contributed by atoms with Crippen LogP contribution in [-0.2, 0) is 0 Å². The van der Waals surface area contributed by atoms with Crippen LogP contribution in [0.5, 0.6) is 5.75 Å². The predicted octanol–water partition coefficient (Wildman–Crippen LogP) is 2.34. The Bertz CT molecular complexity index is 856. The lowest BCUT2D eigenvalue weighted by Crippen LogP contribution is -2.05. The third-order valence-electron chi connectivity index (χ3n) is 3.23. The smallest absolute Gasteiger partial charge is 0.356 e. The first-order valence-corrected chi connectivity index (χ1v) is 6.86. The number of carboxylic acids is 1. The lowest BCUT2D eigenvalue weighted by Gasteiger charge is -2.07. The fraction of sp³-hybridized carbons (Fsp3) is 0.125. The normalized spacial score (nSPS) is 10.5. The van der Waals surface area contributed by atoms with Gasteiger partial charge >= 0.3 is 5.97 Å². The van der Waals surface area contributed by atoms with Gasteiger partial charge in [0.1, 0.15) is 5.75 Å². The van der Waals surface area contributed by atoms with Gasteiger partial charge in [0, 0.05) is 23.5 Å². The number of aryl methyl sites for hydroxylation is 1. The van der Waals surface area contributed by atoms with Gasteiger partial charge in [0.15, 0.2) is 17.3 Å². The largest absolute Gasteiger partial charge is 0.497 e. The first-order chi connectivity index (χ1) is 11.1. The van der Waals surface area contributed by atoms with Crippen LogP contribution in [-0.4, -0.2) is 37.9 Å². The van der Waals surface area contributed by atoms with E-state index in [1.807, 2.05) is 31.2 Å². The van der Waals surface area contributed by atoms with Crippen LogP contribution in [0.2, 0.25) is 0 Å². The number of aromatic carboxylic acids is 1. The molecule has 116 valence electrons. The molecule has 3 rings (SSSR count). The second-order valence-corrected chi connectivity index (χ2v) is 4.87. The Morgan fingerprint density at radius 3 is 2.52 bits per heavy atom. The summed E-state index contributed by atoms with van der Waals surface area (Å²) in [4.78, 5) is 19.8. The molecular formula is C16H14N4O3. The highest BCUT2D eigenvalue weighted by Crippen LogP contribution is 2.20. The third-order valence-corrected chi connectivity index (χ3v) is 3.23. The molecule has 7 heteroatoms. The van der Waals surface area contributed by atoms with Crippen molar-refractivity contribution in [3.05, 3.63) is 54.0 Å². The molecule has 0 fully saturated rings. The number of benzene rings is 1. The molecule has 0 saturated heterocycles. The lowest BCUT2D eigenvalue weighted by atomic mass is 10.2. The van der Waals surface area contributed by atoms with Crippen LogP contribution in [0, 0.1) is 6.92 Å². The molecule has 0 aliphatic carbocycles. The van der Waals surface area contributed by atoms with Crippen molar-refractivity contribution in [1.82, 2.24) is 19.7 Å². The zero-order chi connectivity index (χ0) is 16.4. The summed E-state index contributed by atoms with van der Waals surface area (Å²) in [6.45, 7) is 1.85. The quantitative estimate of drug-likeness (QED) is 0.795. The van der Waals surface area contributed by atoms with E-state index < -0.39 is 5.97 Å². The second-order valence-electron chi connectivity index (χ2n) is 4.87. The number of aromatic nitrogens is 4. The van der Waals surface area contributed by atoms with E-state index in [1.54, 1.807) is 19.4 Å². The predicted molar refractivity (Wildman–Crippen MR) is 82.8 cm³/mol. The highest BCUT2D eigenvalue weighted by Gasteiger charge is 2.11. The van der Waals surface area contributed by atoms with E-state index in [9.17, 15) is 4.79 Å². The summed E-state index contributed by atoms with van der Waals surface area (Å²) < 4.78 is 6.56. The van der Waals surface area contributed by atoms with E-state index in [1.165, 1.54) is 10.7 Å². The van der Waals surface area contributed by atoms with Gasteiger partial charge in [-0.25, -0.2) is 19.4 Å². The maximum atomic E-state index is 10.9. The summed E-state index contributed by atoms with van der Waals surface area (Å²) in [5.74, 6) is 0.718. The summed E-state index contributed by atoms with van der Waals surface area (Å²) in [6.07, 6.45) is 1.56. The Hall–Kier alpha value is -3.22. The van der Waals surface area contributed by atoms with Crippen LogP contribution >= 0.6 is 0 Å². The highest BCUT2D eigenvalue weighted by molar-refractivity contribution is 5.85. The van der Waals surface area contributed by atoms with Gasteiger partial charge in [-0.1, -0.05) is 0 Å². The van der Waals surface area contributed by atoms with E-state index in [-0.39, 0.29) is 5.69 Å². The van der Waals surface area contributed by atoms with Gasteiger partial charge in [-0.2, -0.15) is 5.10 Å². The fourth-order valence-corrected chi connectivity index (χ4v) is 2.10. The first kappa shape index (κ1) is 14.7. The molecule has 2 aromatic heterocycles. The molecule has 0 amide bonds. The van der Waals surface area contributed by atoms with Gasteiger partial charge in [-0.3, -0.25) is 0 Å². The molecule has 7 nitrogen and oxygen atoms in total. The Labute approximate surface area is 132 Å². The van der Waals surface area contributed by atoms with Crippen molar-refractivity contribution in [3.8, 4) is 23.0 Å². The van der Waals surface area contributed by atoms with Gasteiger partial charge in [0.25, 0.3) is 0 Å². The fourth-order valence-electron chi connectivity index (χ4n) is 2.10. The monoisotopic (exact) mass is 310 g/mol. The molecule has 0 radical (unpaired) electrons. The number of carbonyl (C=O) groups is 1. The van der Waals surface area contributed by atoms with Gasteiger partial charge in [-0.15, -0.1) is 0 Å². The minimum absolute atomic E-state index is 0.0349. The summed E-state index contributed by atoms with van der Waals surface area (Å²) in [7, 11) is 1.61. The molecule has 0 aliphatic heterocycles. The SMILES string of the molecule is COc1ccc(-c2nc(C)cc(-n3ccc(C(=O)O)n3)n2)cc1. The van der Waals surface area contributed by atoms with Crippen molar-refractivity contribution in [3.63, 3.8) is 0 Å². The van der Waals surface area contributed by atoms with Crippen molar-refractivity contribution < 1.29 is 14.6 Å². The van der Waals surface area contributed by atoms with Gasteiger partial charge in [0.05, 0.1) is 7.11 Å². The number of hydrogen-bond donors (Lipinski definition) is 1. The summed E-state index contributed by atoms with van der Waals surface area (Å²) in [5.41, 5.74) is 1.56. The van der Waals surface area contributed by atoms with Crippen LogP contribution in [0.15, 0.2) is 42.6 Å². The zero-order valence-electron chi connectivity index (χ0n) is 12.6. The molecule has 0 atom stereocenters. The summed E-state index contributed by atoms with van der Waals surface area (Å²) in [5, 5.41) is 13.0. The van der Waals surface area contributed by atoms with Crippen molar-refractivity contribution in [1.29, 1.82) is 0 Å². The third kappa shape index (κ3) is 3.03. The van der Waals surface area contributed by atoms with Crippen molar-refractivity contribution >= 4 is 5.97 Å². The molecule has 3 aromatic rings. The molecule has 0 spiro atoms. The second kappa shape index (κ2) is 5.88. The van der Waals surface area contributed by atoms with E-state index in [0.29, 0.717) is 11.6 Å². The summed E-state index contributed by atoms with van der Waals surface area (Å²) >= 11 is 0. The van der Waals surface area contributed by atoms with Crippen molar-refractivity contribution in [2.75, 3.05) is 7.11 Å². The number of rotatable bonds is 4. The topological polar surface area (TPSA) is 90.1 Å². The number of ether oxygens (including phenoxy) is 1. The van der Waals surface area contributed by atoms with E-state index in [2.05, 4.69) is 15.1 Å². The number of nitrogens with zero attached hydrogens (tertiary/aromatic N) is 4. The van der Waals surface area contributed by atoms with Crippen LogP contribution in [0.4, 0.5) is 0 Å². The lowest BCUT2D eigenvalue weighted by molar-refractivity contribution is 0.0690. The van der Waals surface area contributed by atoms with Crippen LogP contribution in [0.3, 0.4) is 0 Å². The van der Waals surface area contributed by atoms with Crippen LogP contribution < -0.4 is 4.74 Å². The van der Waals surface area contributed by atoms with Gasteiger partial charge < -0.3 is 9.84 Å². The summed E-state index contributed by atoms with van der Waals surface area (Å²) in [6, 6.07) is 10.6. The molecule has 0 unspecified atom stereocenters. The van der Waals surface area contributed by atoms with E-state index in [4.69, 9.17) is 9.84 Å². The standard InChI is InChI=1S/C16H14N4O3/c1-10-9-14(20-8-7-13(19-20)16(21)22)18-15(17-10)11-3-5-12(23-2)6-4-11/h3-9H,1-2H3,(H,21,22). The average molecular weight is 310 g/mol. The van der Waals surface area contributed by atoms with E-state index >= 15 is 0 Å². The Morgan fingerprint density at radius 1 is 1.17 bits per heavy atom. The van der Waals surface area contributed by atoms with Crippen molar-refractivity contribution in [2.45, 2.75) is 6.92 Å². The highest BCUT2D eigenvalue weighted by atomic mass is 16.5. The number of hydrogen-bond acceptors (Lipinski definition) is 5. The minimum Gasteiger partial charge on any atom is -0.497 e. The maximum absolute atomic E-state index is 10.9. The molecule has 1 N–H and O–H groups in total. The molecular weight excluding hydrogens is 296 g/mol. The minimum atomic E-state index is -1.08. The molecule has 0 saturated carbocycles. The van der Waals surface area contributed by atoms with E-state index in [0.717, 1.165) is 17.0 Å². The zero-order valence-corrected chi connectivity index (χ0v) is 12.6. The number of methoxy groups -OCH3 is 1. The van der Waals surface area contributed by atoms with Crippen molar-refractivity contribution in [2.24, 2.45) is 0 Å². The average Bonchev–Trinajstić information content (AvgIpc) is 3.05.